The summed E-state index contributed by atoms with van der Waals surface area (Å²) in [6.45, 7) is 0. The Labute approximate surface area is 87.5 Å². The number of hydrogen-bond donors (Lipinski definition) is 0. The molecule has 0 fully saturated rings. The molecule has 14 heavy (non-hydrogen) atoms. The van der Waals surface area contributed by atoms with Crippen LogP contribution in [0.5, 0.6) is 0 Å². The number of halogens is 1. The fraction of sp³-hybridized carbons (Fsp3) is 0.0909. The predicted octanol–water partition coefficient (Wildman–Crippen LogP) is 2.66. The fourth-order valence-corrected chi connectivity index (χ4v) is 1.02. The fourth-order valence-electron chi connectivity index (χ4n) is 1.02. The predicted molar refractivity (Wildman–Crippen MR) is 58.5 cm³/mol. The van der Waals surface area contributed by atoms with E-state index in [-0.39, 0.29) is 5.88 Å². The van der Waals surface area contributed by atoms with Gasteiger partial charge in [0.2, 0.25) is 0 Å². The third kappa shape index (κ3) is 3.15. The molecule has 0 saturated carbocycles. The first-order valence-electron chi connectivity index (χ1n) is 4.18. The Morgan fingerprint density at radius 2 is 1.86 bits per heavy atom. The van der Waals surface area contributed by atoms with Gasteiger partial charge in [0.05, 0.1) is 11.4 Å². The molecule has 1 aromatic carbocycles. The number of benzene rings is 1. The Hall–Kier alpha value is -1.41. The molecule has 2 rings (SSSR count). The number of carbonyl (C=O) groups is 1. The lowest BCUT2D eigenvalue weighted by molar-refractivity contribution is -0.105. The van der Waals surface area contributed by atoms with Crippen molar-refractivity contribution in [3.8, 4) is 0 Å². The average molecular weight is 208 g/mol. The van der Waals surface area contributed by atoms with Gasteiger partial charge >= 0.3 is 0 Å². The van der Waals surface area contributed by atoms with Gasteiger partial charge in [-0.1, -0.05) is 24.3 Å². The minimum absolute atomic E-state index is 0.111. The van der Waals surface area contributed by atoms with Crippen LogP contribution in [0, 0.1) is 0 Å². The second-order valence-corrected chi connectivity index (χ2v) is 2.83. The van der Waals surface area contributed by atoms with E-state index in [4.69, 9.17) is 16.4 Å². The molecule has 0 aliphatic heterocycles. The zero-order valence-corrected chi connectivity index (χ0v) is 8.32. The molecule has 2 aromatic rings. The number of hydrogen-bond acceptors (Lipinski definition) is 2. The Morgan fingerprint density at radius 3 is 2.50 bits per heavy atom. The molecular formula is C11H10ClNO. The van der Waals surface area contributed by atoms with Crippen LogP contribution in [0.3, 0.4) is 0 Å². The molecule has 0 amide bonds. The van der Waals surface area contributed by atoms with Gasteiger partial charge in [-0.25, -0.2) is 0 Å². The van der Waals surface area contributed by atoms with Crippen LogP contribution < -0.4 is 0 Å². The maximum atomic E-state index is 9.04. The third-order valence-electron chi connectivity index (χ3n) is 1.58. The van der Waals surface area contributed by atoms with Crippen LogP contribution >= 0.6 is 11.6 Å². The molecule has 2 nitrogen and oxygen atoms in total. The lowest BCUT2D eigenvalue weighted by Gasteiger charge is -1.91. The number of aromatic nitrogens is 1. The van der Waals surface area contributed by atoms with Crippen molar-refractivity contribution in [1.82, 2.24) is 4.98 Å². The van der Waals surface area contributed by atoms with Crippen molar-refractivity contribution in [3.63, 3.8) is 0 Å². The molecule has 0 N–H and O–H groups in total. The van der Waals surface area contributed by atoms with Gasteiger partial charge in [-0.05, 0) is 12.1 Å². The summed E-state index contributed by atoms with van der Waals surface area (Å²) in [6, 6.07) is 12.1. The molecule has 0 unspecified atom stereocenters. The largest absolute Gasteiger partial charge is 0.302 e. The van der Waals surface area contributed by atoms with Crippen molar-refractivity contribution in [2.45, 2.75) is 0 Å². The summed E-state index contributed by atoms with van der Waals surface area (Å²) in [5.74, 6) is 0.111. The van der Waals surface area contributed by atoms with Crippen LogP contribution in [-0.2, 0) is 4.79 Å². The quantitative estimate of drug-likeness (QED) is 0.532. The normalized spacial score (nSPS) is 8.93. The summed E-state index contributed by atoms with van der Waals surface area (Å²) in [4.78, 5) is 13.2. The van der Waals surface area contributed by atoms with E-state index in [0.717, 1.165) is 5.52 Å². The first-order chi connectivity index (χ1) is 6.88. The molecule has 0 saturated heterocycles. The van der Waals surface area contributed by atoms with E-state index in [2.05, 4.69) is 17.1 Å². The first-order valence-corrected chi connectivity index (χ1v) is 4.71. The maximum Gasteiger partial charge on any atom is 0.134 e. The summed E-state index contributed by atoms with van der Waals surface area (Å²) >= 11 is 4.82. The van der Waals surface area contributed by atoms with E-state index in [1.165, 1.54) is 5.39 Å². The zero-order valence-electron chi connectivity index (χ0n) is 7.56. The molecule has 3 heteroatoms. The highest BCUT2D eigenvalue weighted by molar-refractivity contribution is 6.24. The van der Waals surface area contributed by atoms with Crippen LogP contribution in [0.2, 0.25) is 0 Å². The van der Waals surface area contributed by atoms with Crippen molar-refractivity contribution in [1.29, 1.82) is 0 Å². The standard InChI is InChI=1S/C9H7N.C2H3ClO/c1-2-6-9-8(4-1)5-3-7-10-9;3-1-2-4/h1-7H;2H,1H2. The molecule has 0 bridgehead atoms. The van der Waals surface area contributed by atoms with Crippen molar-refractivity contribution in [2.24, 2.45) is 0 Å². The summed E-state index contributed by atoms with van der Waals surface area (Å²) in [7, 11) is 0. The highest BCUT2D eigenvalue weighted by Crippen LogP contribution is 2.07. The second kappa shape index (κ2) is 6.11. The third-order valence-corrected chi connectivity index (χ3v) is 1.70. The molecule has 72 valence electrons. The minimum Gasteiger partial charge on any atom is -0.302 e. The highest BCUT2D eigenvalue weighted by atomic mass is 35.5. The van der Waals surface area contributed by atoms with Gasteiger partial charge in [0, 0.05) is 11.6 Å². The molecular weight excluding hydrogens is 198 g/mol. The van der Waals surface area contributed by atoms with Gasteiger partial charge in [0.25, 0.3) is 0 Å². The van der Waals surface area contributed by atoms with Crippen LogP contribution in [0.1, 0.15) is 0 Å². The number of nitrogens with zero attached hydrogens (tertiary/aromatic N) is 1. The van der Waals surface area contributed by atoms with Crippen molar-refractivity contribution < 1.29 is 4.79 Å². The van der Waals surface area contributed by atoms with Gasteiger partial charge < -0.3 is 4.79 Å². The van der Waals surface area contributed by atoms with E-state index in [0.29, 0.717) is 6.29 Å². The first kappa shape index (κ1) is 10.7. The lowest BCUT2D eigenvalue weighted by Crippen LogP contribution is -1.73. The number of fused-ring (bicyclic) bond motifs is 1. The monoisotopic (exact) mass is 207 g/mol. The molecule has 0 aliphatic carbocycles. The molecule has 0 radical (unpaired) electrons. The van der Waals surface area contributed by atoms with Crippen LogP contribution in [-0.4, -0.2) is 17.2 Å². The summed E-state index contributed by atoms with van der Waals surface area (Å²) in [6.07, 6.45) is 2.45. The second-order valence-electron chi connectivity index (χ2n) is 2.52. The summed E-state index contributed by atoms with van der Waals surface area (Å²) in [5.41, 5.74) is 1.06. The minimum atomic E-state index is 0.111. The highest BCUT2D eigenvalue weighted by Gasteiger charge is 1.86. The Morgan fingerprint density at radius 1 is 1.21 bits per heavy atom. The molecule has 1 aromatic heterocycles. The van der Waals surface area contributed by atoms with Gasteiger partial charge in [-0.3, -0.25) is 4.98 Å². The number of aldehydes is 1. The van der Waals surface area contributed by atoms with E-state index >= 15 is 0 Å². The number of rotatable bonds is 1. The maximum absolute atomic E-state index is 9.04. The SMILES string of the molecule is O=CCCl.c1ccc2ncccc2c1. The topological polar surface area (TPSA) is 30.0 Å². The zero-order chi connectivity index (χ0) is 10.2. The number of pyridine rings is 1. The smallest absolute Gasteiger partial charge is 0.134 e. The summed E-state index contributed by atoms with van der Waals surface area (Å²) in [5, 5.41) is 1.20. The summed E-state index contributed by atoms with van der Waals surface area (Å²) < 4.78 is 0. The van der Waals surface area contributed by atoms with Crippen LogP contribution in [0.25, 0.3) is 10.9 Å². The van der Waals surface area contributed by atoms with E-state index < -0.39 is 0 Å². The molecule has 1 heterocycles. The van der Waals surface area contributed by atoms with E-state index in [1.807, 2.05) is 30.5 Å². The van der Waals surface area contributed by atoms with E-state index in [9.17, 15) is 0 Å². The van der Waals surface area contributed by atoms with Gasteiger partial charge in [-0.2, -0.15) is 0 Å². The van der Waals surface area contributed by atoms with Gasteiger partial charge in [-0.15, -0.1) is 11.6 Å². The van der Waals surface area contributed by atoms with Crippen molar-refractivity contribution in [2.75, 3.05) is 5.88 Å². The van der Waals surface area contributed by atoms with Gasteiger partial charge in [0.15, 0.2) is 0 Å². The Balaban J connectivity index is 0.000000213. The van der Waals surface area contributed by atoms with Crippen LogP contribution in [0.4, 0.5) is 0 Å². The van der Waals surface area contributed by atoms with Gasteiger partial charge in [0.1, 0.15) is 6.29 Å². The number of carbonyl (C=O) groups excluding carboxylic acids is 1. The number of para-hydroxylation sites is 1. The molecule has 0 atom stereocenters. The number of alkyl halides is 1. The Bertz CT molecular complexity index is 338. The van der Waals surface area contributed by atoms with E-state index in [1.54, 1.807) is 0 Å². The van der Waals surface area contributed by atoms with Crippen LogP contribution in [0.15, 0.2) is 42.6 Å². The lowest BCUT2D eigenvalue weighted by atomic mass is 10.2. The Kier molecular flexibility index (Phi) is 4.65. The molecule has 0 aliphatic rings. The van der Waals surface area contributed by atoms with Crippen molar-refractivity contribution >= 4 is 28.8 Å². The molecule has 0 spiro atoms. The van der Waals surface area contributed by atoms with Crippen molar-refractivity contribution in [3.05, 3.63) is 42.6 Å². The average Bonchev–Trinajstić information content (AvgIpc) is 2.30.